The summed E-state index contributed by atoms with van der Waals surface area (Å²) in [5, 5.41) is 0.897. The summed E-state index contributed by atoms with van der Waals surface area (Å²) in [5.41, 5.74) is 0.736. The number of thiazole rings is 1. The highest BCUT2D eigenvalue weighted by molar-refractivity contribution is 7.17. The Morgan fingerprint density at radius 3 is 2.60 bits per heavy atom. The van der Waals surface area contributed by atoms with Crippen LogP contribution in [-0.2, 0) is 11.3 Å². The highest BCUT2D eigenvalue weighted by Gasteiger charge is 2.13. The van der Waals surface area contributed by atoms with Gasteiger partial charge in [-0.1, -0.05) is 11.3 Å². The lowest BCUT2D eigenvalue weighted by molar-refractivity contribution is 0.112. The summed E-state index contributed by atoms with van der Waals surface area (Å²) >= 11 is 1.42. The topological polar surface area (TPSA) is 42.4 Å². The summed E-state index contributed by atoms with van der Waals surface area (Å²) in [6.45, 7) is 6.33. The Bertz CT molecular complexity index is 321. The molecule has 0 aliphatic rings. The molecule has 0 fully saturated rings. The predicted octanol–water partition coefficient (Wildman–Crippen LogP) is 1.95. The zero-order chi connectivity index (χ0) is 11.3. The van der Waals surface area contributed by atoms with Gasteiger partial charge in [0.15, 0.2) is 11.4 Å². The Morgan fingerprint density at radius 2 is 2.13 bits per heavy atom. The number of aldehydes is 1. The molecule has 1 rings (SSSR count). The Morgan fingerprint density at radius 1 is 1.47 bits per heavy atom. The Hall–Kier alpha value is -0.940. The lowest BCUT2D eigenvalue weighted by atomic mass is 10.4. The quantitative estimate of drug-likeness (QED) is 0.698. The summed E-state index contributed by atoms with van der Waals surface area (Å²) in [4.78, 5) is 18.0. The number of anilines is 1. The highest BCUT2D eigenvalue weighted by atomic mass is 32.1. The zero-order valence-corrected chi connectivity index (χ0v) is 10.1. The molecule has 1 aromatic rings. The Kier molecular flexibility index (Phi) is 4.71. The molecule has 0 bridgehead atoms. The van der Waals surface area contributed by atoms with Crippen molar-refractivity contribution in [3.8, 4) is 0 Å². The second kappa shape index (κ2) is 5.82. The summed E-state index contributed by atoms with van der Waals surface area (Å²) in [5.74, 6) is 0. The maximum Gasteiger partial charge on any atom is 0.186 e. The van der Waals surface area contributed by atoms with Crippen LogP contribution in [0.15, 0.2) is 0 Å². The van der Waals surface area contributed by atoms with Crippen LogP contribution in [0.1, 0.15) is 29.2 Å². The first-order chi connectivity index (χ1) is 7.26. The number of nitrogens with zero attached hydrogens (tertiary/aromatic N) is 2. The minimum Gasteiger partial charge on any atom is -0.378 e. The van der Waals surface area contributed by atoms with Crippen molar-refractivity contribution in [1.82, 2.24) is 4.98 Å². The lowest BCUT2D eigenvalue weighted by Crippen LogP contribution is -2.21. The molecule has 0 saturated carbocycles. The number of rotatable bonds is 6. The number of aromatic nitrogens is 1. The fourth-order valence-corrected chi connectivity index (χ4v) is 2.32. The van der Waals surface area contributed by atoms with Crippen molar-refractivity contribution in [1.29, 1.82) is 0 Å². The third kappa shape index (κ3) is 2.76. The van der Waals surface area contributed by atoms with Gasteiger partial charge in [-0.15, -0.1) is 0 Å². The summed E-state index contributed by atoms with van der Waals surface area (Å²) in [6, 6.07) is 0. The van der Waals surface area contributed by atoms with Crippen molar-refractivity contribution in [2.24, 2.45) is 0 Å². The van der Waals surface area contributed by atoms with Crippen molar-refractivity contribution in [3.05, 3.63) is 10.6 Å². The molecule has 0 saturated heterocycles. The van der Waals surface area contributed by atoms with Gasteiger partial charge in [-0.2, -0.15) is 0 Å². The monoisotopic (exact) mass is 228 g/mol. The van der Waals surface area contributed by atoms with Crippen molar-refractivity contribution < 1.29 is 9.53 Å². The van der Waals surface area contributed by atoms with Gasteiger partial charge in [0.05, 0.1) is 17.2 Å². The van der Waals surface area contributed by atoms with Crippen molar-refractivity contribution in [3.63, 3.8) is 0 Å². The van der Waals surface area contributed by atoms with Crippen LogP contribution in [0.3, 0.4) is 0 Å². The van der Waals surface area contributed by atoms with Gasteiger partial charge in [-0.25, -0.2) is 4.98 Å². The molecule has 0 unspecified atom stereocenters. The van der Waals surface area contributed by atoms with E-state index in [1.165, 1.54) is 11.3 Å². The van der Waals surface area contributed by atoms with Crippen LogP contribution in [-0.4, -0.2) is 31.5 Å². The molecule has 0 aliphatic carbocycles. The number of hydrogen-bond donors (Lipinski definition) is 0. The van der Waals surface area contributed by atoms with Crippen LogP contribution >= 0.6 is 11.3 Å². The van der Waals surface area contributed by atoms with Crippen LogP contribution in [0.4, 0.5) is 5.13 Å². The summed E-state index contributed by atoms with van der Waals surface area (Å²) < 4.78 is 5.00. The molecule has 0 amide bonds. The zero-order valence-electron chi connectivity index (χ0n) is 9.32. The molecule has 84 valence electrons. The van der Waals surface area contributed by atoms with Crippen LogP contribution in [0.5, 0.6) is 0 Å². The molecule has 1 aromatic heterocycles. The average molecular weight is 228 g/mol. The molecule has 0 N–H and O–H groups in total. The van der Waals surface area contributed by atoms with E-state index >= 15 is 0 Å². The van der Waals surface area contributed by atoms with Gasteiger partial charge in [0, 0.05) is 20.2 Å². The number of carbonyl (C=O) groups excluding carboxylic acids is 1. The second-order valence-electron chi connectivity index (χ2n) is 3.03. The first-order valence-corrected chi connectivity index (χ1v) is 5.77. The number of methoxy groups -OCH3 is 1. The normalized spacial score (nSPS) is 10.3. The largest absolute Gasteiger partial charge is 0.378 e. The second-order valence-corrected chi connectivity index (χ2v) is 4.04. The van der Waals surface area contributed by atoms with Crippen molar-refractivity contribution >= 4 is 22.8 Å². The molecule has 1 heterocycles. The van der Waals surface area contributed by atoms with Crippen LogP contribution < -0.4 is 4.90 Å². The summed E-state index contributed by atoms with van der Waals surface area (Å²) in [6.07, 6.45) is 0.846. The fourth-order valence-electron chi connectivity index (χ4n) is 1.31. The van der Waals surface area contributed by atoms with Gasteiger partial charge in [0.2, 0.25) is 0 Å². The number of hydrogen-bond acceptors (Lipinski definition) is 5. The first kappa shape index (κ1) is 12.1. The minimum absolute atomic E-state index is 0.395. The van der Waals surface area contributed by atoms with E-state index < -0.39 is 0 Å². The fraction of sp³-hybridized carbons (Fsp3) is 0.600. The minimum atomic E-state index is 0.395. The first-order valence-electron chi connectivity index (χ1n) is 4.95. The molecule has 5 heteroatoms. The standard InChI is InChI=1S/C10H16N2O2S/c1-4-12(5-2)10-11-8(7-14-3)9(6-13)15-10/h6H,4-5,7H2,1-3H3. The van der Waals surface area contributed by atoms with Gasteiger partial charge >= 0.3 is 0 Å². The van der Waals surface area contributed by atoms with E-state index in [-0.39, 0.29) is 0 Å². The van der Waals surface area contributed by atoms with Gasteiger partial charge in [0.25, 0.3) is 0 Å². The Balaban J connectivity index is 2.95. The molecule has 0 atom stereocenters. The molecular formula is C10H16N2O2S. The molecular weight excluding hydrogens is 212 g/mol. The highest BCUT2D eigenvalue weighted by Crippen LogP contribution is 2.25. The molecule has 0 radical (unpaired) electrons. The third-order valence-electron chi connectivity index (χ3n) is 2.14. The van der Waals surface area contributed by atoms with Gasteiger partial charge < -0.3 is 9.64 Å². The molecule has 0 spiro atoms. The van der Waals surface area contributed by atoms with E-state index in [2.05, 4.69) is 23.7 Å². The maximum atomic E-state index is 10.8. The summed E-state index contributed by atoms with van der Waals surface area (Å²) in [7, 11) is 1.60. The van der Waals surface area contributed by atoms with Crippen molar-refractivity contribution in [2.45, 2.75) is 20.5 Å². The molecule has 0 aromatic carbocycles. The molecule has 0 aliphatic heterocycles. The van der Waals surface area contributed by atoms with E-state index in [0.29, 0.717) is 11.5 Å². The predicted molar refractivity (Wildman–Crippen MR) is 61.8 cm³/mol. The van der Waals surface area contributed by atoms with Crippen molar-refractivity contribution in [2.75, 3.05) is 25.1 Å². The number of carbonyl (C=O) groups is 1. The smallest absolute Gasteiger partial charge is 0.186 e. The van der Waals surface area contributed by atoms with Crippen LogP contribution in [0.25, 0.3) is 0 Å². The van der Waals surface area contributed by atoms with Gasteiger partial charge in [-0.05, 0) is 13.8 Å². The van der Waals surface area contributed by atoms with Gasteiger partial charge in [0.1, 0.15) is 0 Å². The van der Waals surface area contributed by atoms with E-state index in [0.717, 1.165) is 30.2 Å². The van der Waals surface area contributed by atoms with E-state index in [1.54, 1.807) is 7.11 Å². The van der Waals surface area contributed by atoms with E-state index in [9.17, 15) is 4.79 Å². The maximum absolute atomic E-state index is 10.8. The molecule has 15 heavy (non-hydrogen) atoms. The van der Waals surface area contributed by atoms with Gasteiger partial charge in [-0.3, -0.25) is 4.79 Å². The van der Waals surface area contributed by atoms with Crippen LogP contribution in [0.2, 0.25) is 0 Å². The van der Waals surface area contributed by atoms with E-state index in [1.807, 2.05) is 0 Å². The number of ether oxygens (including phenoxy) is 1. The Labute approximate surface area is 93.9 Å². The van der Waals surface area contributed by atoms with Crippen LogP contribution in [0, 0.1) is 0 Å². The lowest BCUT2D eigenvalue weighted by Gasteiger charge is -2.16. The third-order valence-corrected chi connectivity index (χ3v) is 3.22. The van der Waals surface area contributed by atoms with E-state index in [4.69, 9.17) is 4.74 Å². The average Bonchev–Trinajstić information content (AvgIpc) is 2.64. The SMILES string of the molecule is CCN(CC)c1nc(COC)c(C=O)s1. The molecule has 4 nitrogen and oxygen atoms in total.